The SMILES string of the molecule is C=CCNc1ncnc2sc3c(=O)n(-c4ccc(Br)cc4)cnc3c12.CN(C)c1ncnc2sc3c(=O)n(-c4ccc5occc5c4)cnc3c12.CNc1ncnc2sc3c(=O)n(-c4ccc(OC)cc4F)cnc3c12. The van der Waals surface area contributed by atoms with Crippen molar-refractivity contribution in [1.82, 2.24) is 58.6 Å². The predicted molar refractivity (Wildman–Crippen MR) is 301 cm³/mol. The van der Waals surface area contributed by atoms with E-state index in [4.69, 9.17) is 9.15 Å². The highest BCUT2D eigenvalue weighted by atomic mass is 79.9. The summed E-state index contributed by atoms with van der Waals surface area (Å²) in [6, 6.07) is 19.3. The van der Waals surface area contributed by atoms with Gasteiger partial charge in [-0.2, -0.15) is 0 Å². The number of hydrogen-bond acceptors (Lipinski definition) is 20. The van der Waals surface area contributed by atoms with E-state index in [1.165, 1.54) is 87.7 Å². The third-order valence-electron chi connectivity index (χ3n) is 11.8. The van der Waals surface area contributed by atoms with E-state index in [2.05, 4.69) is 78.0 Å². The standard InChI is InChI=1S/C18H13N5O2S.C17H12BrN5OS.C16H12FN5O2S/c1-22(2)16-13-14-15(26-17(13)20-8-19-16)18(24)23(9-21-14)11-3-4-12-10(7-11)5-6-25-12;1-2-7-19-15-12-13-14(25-16(12)21-8-20-15)17(24)23(9-22-13)11-5-3-10(18)4-6-11;1-18-14-11-12-13(25-15(11)20-6-19-14)16(23)22(7-21-12)10-4-3-8(24-2)5-9(10)17/h3-9H,1-2H3;2-6,8-9H,1,7H2,(H,19,20,21);3-7H,1-2H3,(H,18,19,20). The van der Waals surface area contributed by atoms with E-state index in [9.17, 15) is 18.8 Å². The first kappa shape index (κ1) is 49.3. The van der Waals surface area contributed by atoms with Gasteiger partial charge in [0.2, 0.25) is 0 Å². The molecule has 25 heteroatoms. The van der Waals surface area contributed by atoms with Crippen LogP contribution in [-0.2, 0) is 0 Å². The number of benzene rings is 3. The number of nitrogens with zero attached hydrogens (tertiary/aromatic N) is 13. The highest BCUT2D eigenvalue weighted by molar-refractivity contribution is 9.10. The van der Waals surface area contributed by atoms with Crippen LogP contribution in [0.2, 0.25) is 0 Å². The zero-order valence-corrected chi connectivity index (χ0v) is 44.3. The van der Waals surface area contributed by atoms with Crippen molar-refractivity contribution in [2.75, 3.05) is 50.3 Å². The molecule has 0 radical (unpaired) electrons. The minimum atomic E-state index is -0.570. The van der Waals surface area contributed by atoms with E-state index in [0.29, 0.717) is 64.8 Å². The molecule has 0 saturated carbocycles. The predicted octanol–water partition coefficient (Wildman–Crippen LogP) is 9.53. The molecule has 3 aromatic carbocycles. The van der Waals surface area contributed by atoms with Crippen LogP contribution in [0, 0.1) is 5.82 Å². The average Bonchev–Trinajstić information content (AvgIpc) is 4.30. The Balaban J connectivity index is 0.000000122. The number of hydrogen-bond donors (Lipinski definition) is 2. The molecule has 10 heterocycles. The number of methoxy groups -OCH3 is 1. The molecule has 0 amide bonds. The third-order valence-corrected chi connectivity index (χ3v) is 15.6. The molecular formula is C51H37BrFN15O5S3. The first-order valence-corrected chi connectivity index (χ1v) is 25.9. The normalized spacial score (nSPS) is 11.3. The second kappa shape index (κ2) is 20.4. The van der Waals surface area contributed by atoms with Gasteiger partial charge in [-0.1, -0.05) is 22.0 Å². The van der Waals surface area contributed by atoms with Crippen LogP contribution in [0.1, 0.15) is 0 Å². The van der Waals surface area contributed by atoms with Gasteiger partial charge in [0.1, 0.15) is 112 Å². The Morgan fingerprint density at radius 3 is 1.84 bits per heavy atom. The highest BCUT2D eigenvalue weighted by Gasteiger charge is 2.21. The summed E-state index contributed by atoms with van der Waals surface area (Å²) in [6.45, 7) is 4.26. The minimum Gasteiger partial charge on any atom is -0.497 e. The molecule has 0 unspecified atom stereocenters. The summed E-state index contributed by atoms with van der Waals surface area (Å²) in [5, 5.41) is 9.34. The van der Waals surface area contributed by atoms with Crippen LogP contribution in [0.5, 0.6) is 5.75 Å². The molecule has 2 N–H and O–H groups in total. The molecule has 0 spiro atoms. The first-order chi connectivity index (χ1) is 37.0. The summed E-state index contributed by atoms with van der Waals surface area (Å²) in [5.41, 5.74) is 3.55. The van der Waals surface area contributed by atoms with Crippen molar-refractivity contribution in [1.29, 1.82) is 0 Å². The third kappa shape index (κ3) is 8.82. The summed E-state index contributed by atoms with van der Waals surface area (Å²) in [4.78, 5) is 81.9. The lowest BCUT2D eigenvalue weighted by molar-refractivity contribution is 0.411. The van der Waals surface area contributed by atoms with Crippen LogP contribution < -0.4 is 36.9 Å². The van der Waals surface area contributed by atoms with Crippen LogP contribution in [-0.4, -0.2) is 93.4 Å². The van der Waals surface area contributed by atoms with Crippen LogP contribution in [0.3, 0.4) is 0 Å². The lowest BCUT2D eigenvalue weighted by atomic mass is 10.2. The molecule has 10 aromatic heterocycles. The summed E-state index contributed by atoms with van der Waals surface area (Å²) < 4.78 is 31.4. The van der Waals surface area contributed by atoms with Gasteiger partial charge in [0.05, 0.1) is 46.6 Å². The molecule has 0 saturated heterocycles. The fraction of sp³-hybridized carbons (Fsp3) is 0.0980. The lowest BCUT2D eigenvalue weighted by Gasteiger charge is -2.11. The number of furan rings is 1. The summed E-state index contributed by atoms with van der Waals surface area (Å²) in [6.07, 6.45) is 12.2. The second-order valence-electron chi connectivity index (χ2n) is 16.5. The molecule has 0 bridgehead atoms. The quantitative estimate of drug-likeness (QED) is 0.128. The van der Waals surface area contributed by atoms with Gasteiger partial charge in [0, 0.05) is 43.6 Å². The van der Waals surface area contributed by atoms with E-state index in [1.54, 1.807) is 42.7 Å². The number of nitrogens with one attached hydrogen (secondary N) is 2. The molecule has 20 nitrogen and oxygen atoms in total. The largest absolute Gasteiger partial charge is 0.497 e. The van der Waals surface area contributed by atoms with Gasteiger partial charge in [-0.3, -0.25) is 28.1 Å². The molecule has 0 fully saturated rings. The highest BCUT2D eigenvalue weighted by Crippen LogP contribution is 2.36. The zero-order valence-electron chi connectivity index (χ0n) is 40.2. The maximum absolute atomic E-state index is 14.3. The maximum atomic E-state index is 14.3. The molecule has 0 aliphatic carbocycles. The number of aromatic nitrogens is 12. The second-order valence-corrected chi connectivity index (χ2v) is 20.4. The molecule has 76 heavy (non-hydrogen) atoms. The summed E-state index contributed by atoms with van der Waals surface area (Å²) >= 11 is 7.27. The fourth-order valence-corrected chi connectivity index (χ4v) is 11.6. The van der Waals surface area contributed by atoms with Crippen molar-refractivity contribution in [3.05, 3.63) is 165 Å². The molecular weight excluding hydrogens is 1100 g/mol. The van der Waals surface area contributed by atoms with E-state index in [-0.39, 0.29) is 22.4 Å². The Morgan fingerprint density at radius 2 is 1.24 bits per heavy atom. The van der Waals surface area contributed by atoms with Gasteiger partial charge >= 0.3 is 0 Å². The van der Waals surface area contributed by atoms with Crippen molar-refractivity contribution in [2.45, 2.75) is 0 Å². The van der Waals surface area contributed by atoms with Crippen molar-refractivity contribution < 1.29 is 13.5 Å². The number of rotatable bonds is 9. The van der Waals surface area contributed by atoms with E-state index in [0.717, 1.165) is 53.1 Å². The van der Waals surface area contributed by atoms with Gasteiger partial charge < -0.3 is 24.7 Å². The van der Waals surface area contributed by atoms with Gasteiger partial charge in [-0.05, 0) is 60.7 Å². The molecule has 0 aliphatic heterocycles. The van der Waals surface area contributed by atoms with E-state index >= 15 is 0 Å². The Kier molecular flexibility index (Phi) is 13.3. The molecule has 378 valence electrons. The van der Waals surface area contributed by atoms with Crippen molar-refractivity contribution in [3.8, 4) is 22.8 Å². The van der Waals surface area contributed by atoms with Gasteiger partial charge in [-0.15, -0.1) is 40.6 Å². The smallest absolute Gasteiger partial charge is 0.276 e. The number of fused-ring (bicyclic) bond motifs is 10. The summed E-state index contributed by atoms with van der Waals surface area (Å²) in [7, 11) is 7.00. The number of thiophene rings is 3. The van der Waals surface area contributed by atoms with E-state index < -0.39 is 5.82 Å². The molecule has 0 aliphatic rings. The number of anilines is 3. The Morgan fingerprint density at radius 1 is 0.684 bits per heavy atom. The van der Waals surface area contributed by atoms with Crippen molar-refractivity contribution >= 4 is 140 Å². The van der Waals surface area contributed by atoms with Crippen molar-refractivity contribution in [2.24, 2.45) is 0 Å². The Hall–Kier alpha value is -8.91. The van der Waals surface area contributed by atoms with Crippen LogP contribution in [0.15, 0.2) is 147 Å². The van der Waals surface area contributed by atoms with E-state index in [1.807, 2.05) is 67.5 Å². The average molecular weight is 1140 g/mol. The number of ether oxygens (including phenoxy) is 1. The van der Waals surface area contributed by atoms with Gasteiger partial charge in [-0.25, -0.2) is 49.2 Å². The molecule has 0 atom stereocenters. The maximum Gasteiger partial charge on any atom is 0.276 e. The van der Waals surface area contributed by atoms with Gasteiger partial charge in [0.15, 0.2) is 5.82 Å². The Bertz CT molecular complexity index is 4590. The first-order valence-electron chi connectivity index (χ1n) is 22.7. The topological polar surface area (TPSA) is 232 Å². The monoisotopic (exact) mass is 1130 g/mol. The minimum absolute atomic E-state index is 0.109. The zero-order chi connectivity index (χ0) is 52.8. The van der Waals surface area contributed by atoms with Gasteiger partial charge in [0.25, 0.3) is 16.7 Å². The number of halogens is 2. The molecule has 13 rings (SSSR count). The van der Waals surface area contributed by atoms with Crippen LogP contribution in [0.4, 0.5) is 21.8 Å². The van der Waals surface area contributed by atoms with Crippen LogP contribution >= 0.6 is 49.9 Å². The van der Waals surface area contributed by atoms with Crippen LogP contribution in [0.25, 0.3) is 89.3 Å². The van der Waals surface area contributed by atoms with Crippen molar-refractivity contribution in [3.63, 3.8) is 0 Å². The lowest BCUT2D eigenvalue weighted by Crippen LogP contribution is -2.18. The molecule has 13 aromatic rings. The fourth-order valence-electron chi connectivity index (χ4n) is 8.26. The summed E-state index contributed by atoms with van der Waals surface area (Å²) in [5.74, 6) is 1.81. The Labute approximate surface area is 447 Å².